The normalized spacial score (nSPS) is 10.2. The zero-order valence-electron chi connectivity index (χ0n) is 8.62. The lowest BCUT2D eigenvalue weighted by Crippen LogP contribution is -2.28. The first-order chi connectivity index (χ1) is 7.15. The summed E-state index contributed by atoms with van der Waals surface area (Å²) < 4.78 is 4.84. The van der Waals surface area contributed by atoms with Crippen molar-refractivity contribution >= 4 is 5.97 Å². The Labute approximate surface area is 87.5 Å². The Bertz CT molecular complexity index is 392. The summed E-state index contributed by atoms with van der Waals surface area (Å²) in [5.74, 6) is -0.970. The van der Waals surface area contributed by atoms with E-state index in [0.29, 0.717) is 12.2 Å². The highest BCUT2D eigenvalue weighted by Crippen LogP contribution is 2.05. The van der Waals surface area contributed by atoms with Gasteiger partial charge >= 0.3 is 5.63 Å². The van der Waals surface area contributed by atoms with Crippen molar-refractivity contribution in [1.29, 1.82) is 0 Å². The van der Waals surface area contributed by atoms with E-state index in [9.17, 15) is 14.7 Å². The monoisotopic (exact) mass is 209 g/mol. The van der Waals surface area contributed by atoms with E-state index in [4.69, 9.17) is 4.42 Å². The van der Waals surface area contributed by atoms with Crippen molar-refractivity contribution in [3.8, 4) is 0 Å². The second kappa shape index (κ2) is 5.34. The Morgan fingerprint density at radius 1 is 1.40 bits per heavy atom. The number of hydrogen-bond donors (Lipinski definition) is 0. The van der Waals surface area contributed by atoms with Gasteiger partial charge in [-0.25, -0.2) is 4.79 Å². The van der Waals surface area contributed by atoms with Crippen LogP contribution in [0.4, 0.5) is 0 Å². The third-order valence-electron chi connectivity index (χ3n) is 2.13. The molecule has 0 saturated heterocycles. The number of hydrogen-bond acceptors (Lipinski definition) is 4. The first-order valence-electron chi connectivity index (χ1n) is 4.99. The van der Waals surface area contributed by atoms with Gasteiger partial charge in [0.15, 0.2) is 0 Å². The molecule has 0 amide bonds. The molecule has 0 aromatic carbocycles. The van der Waals surface area contributed by atoms with Gasteiger partial charge in [0.1, 0.15) is 5.76 Å². The van der Waals surface area contributed by atoms with Gasteiger partial charge in [0.2, 0.25) is 0 Å². The van der Waals surface area contributed by atoms with Crippen molar-refractivity contribution < 1.29 is 14.3 Å². The lowest BCUT2D eigenvalue weighted by atomic mass is 10.1. The molecule has 1 heterocycles. The Morgan fingerprint density at radius 2 is 2.13 bits per heavy atom. The summed E-state index contributed by atoms with van der Waals surface area (Å²) in [5.41, 5.74) is -1.25. The third kappa shape index (κ3) is 3.23. The predicted octanol–water partition coefficient (Wildman–Crippen LogP) is 0.736. The number of carbonyl (C=O) groups excluding carboxylic acids is 1. The van der Waals surface area contributed by atoms with Crippen molar-refractivity contribution in [2.75, 3.05) is 0 Å². The van der Waals surface area contributed by atoms with Crippen LogP contribution in [-0.4, -0.2) is 5.97 Å². The first-order valence-corrected chi connectivity index (χ1v) is 4.99. The van der Waals surface area contributed by atoms with Crippen LogP contribution in [0.2, 0.25) is 0 Å². The molecule has 0 aliphatic heterocycles. The van der Waals surface area contributed by atoms with Crippen molar-refractivity contribution in [2.24, 2.45) is 0 Å². The molecule has 0 aliphatic carbocycles. The Morgan fingerprint density at radius 3 is 2.67 bits per heavy atom. The Hall–Kier alpha value is -1.58. The Balaban J connectivity index is 2.74. The van der Waals surface area contributed by atoms with Gasteiger partial charge in [0, 0.05) is 6.42 Å². The van der Waals surface area contributed by atoms with Crippen LogP contribution in [0.5, 0.6) is 0 Å². The van der Waals surface area contributed by atoms with Crippen LogP contribution in [0.25, 0.3) is 0 Å². The maximum absolute atomic E-state index is 11.1. The smallest absolute Gasteiger partial charge is 0.345 e. The zero-order valence-corrected chi connectivity index (χ0v) is 8.62. The van der Waals surface area contributed by atoms with Gasteiger partial charge in [-0.05, 0) is 18.6 Å². The van der Waals surface area contributed by atoms with E-state index in [1.54, 1.807) is 0 Å². The molecule has 0 saturated carbocycles. The summed E-state index contributed by atoms with van der Waals surface area (Å²) in [5, 5.41) is 10.4. The fourth-order valence-electron chi connectivity index (χ4n) is 1.29. The maximum atomic E-state index is 11.1. The molecule has 82 valence electrons. The van der Waals surface area contributed by atoms with E-state index in [1.807, 2.05) is 0 Å². The number of carboxylic acids is 1. The summed E-state index contributed by atoms with van der Waals surface area (Å²) in [6, 6.07) is 2.75. The fourth-order valence-corrected chi connectivity index (χ4v) is 1.29. The number of aromatic carboxylic acids is 1. The number of aryl methyl sites for hydroxylation is 1. The molecule has 0 aliphatic rings. The second-order valence-electron chi connectivity index (χ2n) is 3.35. The molecule has 0 unspecified atom stereocenters. The summed E-state index contributed by atoms with van der Waals surface area (Å²) in [4.78, 5) is 21.5. The summed E-state index contributed by atoms with van der Waals surface area (Å²) >= 11 is 0. The topological polar surface area (TPSA) is 70.3 Å². The van der Waals surface area contributed by atoms with E-state index in [2.05, 4.69) is 6.92 Å². The molecule has 0 bridgehead atoms. The number of unbranched alkanes of at least 4 members (excludes halogenated alkanes) is 2. The lowest BCUT2D eigenvalue weighted by Gasteiger charge is -2.02. The highest BCUT2D eigenvalue weighted by Gasteiger charge is 2.03. The SMILES string of the molecule is CCCCCc1ccc(C(=O)[O-])c(=O)o1. The first kappa shape index (κ1) is 11.5. The molecule has 1 aromatic rings. The van der Waals surface area contributed by atoms with Gasteiger partial charge in [-0.2, -0.15) is 0 Å². The highest BCUT2D eigenvalue weighted by atomic mass is 16.4. The minimum Gasteiger partial charge on any atom is -0.545 e. The van der Waals surface area contributed by atoms with Crippen molar-refractivity contribution in [2.45, 2.75) is 32.6 Å². The molecular formula is C11H13O4-. The van der Waals surface area contributed by atoms with Gasteiger partial charge < -0.3 is 14.3 Å². The molecule has 4 heteroatoms. The molecule has 4 nitrogen and oxygen atoms in total. The van der Waals surface area contributed by atoms with Gasteiger partial charge in [-0.15, -0.1) is 0 Å². The summed E-state index contributed by atoms with van der Waals surface area (Å²) in [6.45, 7) is 2.08. The van der Waals surface area contributed by atoms with Crippen LogP contribution >= 0.6 is 0 Å². The second-order valence-corrected chi connectivity index (χ2v) is 3.35. The van der Waals surface area contributed by atoms with E-state index in [-0.39, 0.29) is 0 Å². The number of carboxylic acid groups (broad SMARTS) is 1. The summed E-state index contributed by atoms with van der Waals surface area (Å²) in [6.07, 6.45) is 3.74. The molecule has 0 fully saturated rings. The predicted molar refractivity (Wildman–Crippen MR) is 52.5 cm³/mol. The maximum Gasteiger partial charge on any atom is 0.345 e. The third-order valence-corrected chi connectivity index (χ3v) is 2.13. The molecule has 1 aromatic heterocycles. The molecule has 1 rings (SSSR count). The average molecular weight is 209 g/mol. The molecule has 0 radical (unpaired) electrons. The van der Waals surface area contributed by atoms with Gasteiger partial charge in [0.25, 0.3) is 0 Å². The highest BCUT2D eigenvalue weighted by molar-refractivity contribution is 5.84. The van der Waals surface area contributed by atoms with Crippen LogP contribution in [0.15, 0.2) is 21.3 Å². The molecule has 0 atom stereocenters. The molecular weight excluding hydrogens is 196 g/mol. The number of carbonyl (C=O) groups is 1. The minimum atomic E-state index is -1.50. The van der Waals surface area contributed by atoms with E-state index in [1.165, 1.54) is 12.1 Å². The Kier molecular flexibility index (Phi) is 4.09. The molecule has 15 heavy (non-hydrogen) atoms. The van der Waals surface area contributed by atoms with Crippen LogP contribution < -0.4 is 10.7 Å². The molecule has 0 spiro atoms. The van der Waals surface area contributed by atoms with Crippen LogP contribution in [-0.2, 0) is 6.42 Å². The van der Waals surface area contributed by atoms with Gasteiger partial charge in [-0.1, -0.05) is 19.8 Å². The van der Waals surface area contributed by atoms with Crippen molar-refractivity contribution in [3.05, 3.63) is 33.9 Å². The van der Waals surface area contributed by atoms with Gasteiger partial charge in [0.05, 0.1) is 11.5 Å². The van der Waals surface area contributed by atoms with Gasteiger partial charge in [-0.3, -0.25) is 0 Å². The largest absolute Gasteiger partial charge is 0.545 e. The number of rotatable bonds is 5. The van der Waals surface area contributed by atoms with Crippen LogP contribution in [0.1, 0.15) is 42.3 Å². The van der Waals surface area contributed by atoms with Crippen LogP contribution in [0.3, 0.4) is 0 Å². The summed E-state index contributed by atoms with van der Waals surface area (Å²) in [7, 11) is 0. The van der Waals surface area contributed by atoms with Crippen LogP contribution in [0, 0.1) is 0 Å². The standard InChI is InChI=1S/C11H14O4/c1-2-3-4-5-8-6-7-9(10(12)13)11(14)15-8/h6-7H,2-5H2,1H3,(H,12,13)/p-1. The van der Waals surface area contributed by atoms with E-state index in [0.717, 1.165) is 19.3 Å². The van der Waals surface area contributed by atoms with Crippen molar-refractivity contribution in [1.82, 2.24) is 0 Å². The van der Waals surface area contributed by atoms with Crippen molar-refractivity contribution in [3.63, 3.8) is 0 Å². The van der Waals surface area contributed by atoms with E-state index < -0.39 is 17.2 Å². The minimum absolute atomic E-state index is 0.422. The average Bonchev–Trinajstić information content (AvgIpc) is 2.17. The van der Waals surface area contributed by atoms with E-state index >= 15 is 0 Å². The zero-order chi connectivity index (χ0) is 11.3. The lowest BCUT2D eigenvalue weighted by molar-refractivity contribution is -0.255. The fraction of sp³-hybridized carbons (Fsp3) is 0.455. The molecule has 0 N–H and O–H groups in total. The quantitative estimate of drug-likeness (QED) is 0.670.